The highest BCUT2D eigenvalue weighted by atomic mass is 35.5. The molecule has 1 amide bonds. The molecule has 1 atom stereocenters. The van der Waals surface area contributed by atoms with E-state index in [1.807, 2.05) is 4.90 Å². The fraction of sp³-hybridized carbons (Fsp3) is 0.417. The van der Waals surface area contributed by atoms with Gasteiger partial charge in [-0.15, -0.1) is 11.6 Å². The monoisotopic (exact) mass is 291 g/mol. The minimum Gasteiger partial charge on any atom is -0.334 e. The summed E-state index contributed by atoms with van der Waals surface area (Å²) in [5.74, 6) is 0.458. The van der Waals surface area contributed by atoms with Crippen molar-refractivity contribution in [3.8, 4) is 0 Å². The van der Waals surface area contributed by atoms with Gasteiger partial charge >= 0.3 is 0 Å². The highest BCUT2D eigenvalue weighted by molar-refractivity contribution is 6.42. The van der Waals surface area contributed by atoms with Crippen molar-refractivity contribution < 1.29 is 4.79 Å². The normalized spacial score (nSPS) is 19.7. The van der Waals surface area contributed by atoms with Crippen molar-refractivity contribution in [2.24, 2.45) is 0 Å². The fourth-order valence-electron chi connectivity index (χ4n) is 2.06. The van der Waals surface area contributed by atoms with Crippen molar-refractivity contribution in [1.82, 2.24) is 4.90 Å². The largest absolute Gasteiger partial charge is 0.334 e. The number of carbonyl (C=O) groups excluding carboxylic acids is 1. The summed E-state index contributed by atoms with van der Waals surface area (Å²) in [6.45, 7) is 0.760. The standard InChI is InChI=1S/C12H12Cl3NO/c13-7-9-2-1-5-16(9)12(17)8-3-4-10(14)11(15)6-8/h3-4,6,9H,1-2,5,7H2/t9-/m0/s1. The van der Waals surface area contributed by atoms with Gasteiger partial charge in [0, 0.05) is 24.0 Å². The van der Waals surface area contributed by atoms with Gasteiger partial charge in [0.1, 0.15) is 0 Å². The smallest absolute Gasteiger partial charge is 0.254 e. The molecule has 0 saturated carbocycles. The van der Waals surface area contributed by atoms with Gasteiger partial charge in [-0.25, -0.2) is 0 Å². The molecule has 1 aliphatic rings. The van der Waals surface area contributed by atoms with Crippen molar-refractivity contribution in [1.29, 1.82) is 0 Å². The lowest BCUT2D eigenvalue weighted by Gasteiger charge is -2.23. The van der Waals surface area contributed by atoms with E-state index in [1.54, 1.807) is 18.2 Å². The lowest BCUT2D eigenvalue weighted by Crippen LogP contribution is -2.36. The van der Waals surface area contributed by atoms with Crippen LogP contribution in [0.5, 0.6) is 0 Å². The number of hydrogen-bond donors (Lipinski definition) is 0. The van der Waals surface area contributed by atoms with E-state index in [0.717, 1.165) is 19.4 Å². The summed E-state index contributed by atoms with van der Waals surface area (Å²) in [7, 11) is 0. The second-order valence-electron chi connectivity index (χ2n) is 4.08. The molecule has 0 spiro atoms. The zero-order chi connectivity index (χ0) is 12.4. The number of hydrogen-bond acceptors (Lipinski definition) is 1. The summed E-state index contributed by atoms with van der Waals surface area (Å²) in [6, 6.07) is 5.08. The number of rotatable bonds is 2. The highest BCUT2D eigenvalue weighted by Crippen LogP contribution is 2.26. The molecular weight excluding hydrogens is 280 g/mol. The highest BCUT2D eigenvalue weighted by Gasteiger charge is 2.28. The molecule has 5 heteroatoms. The molecule has 0 bridgehead atoms. The third kappa shape index (κ3) is 2.70. The molecule has 92 valence electrons. The maximum atomic E-state index is 12.2. The number of benzene rings is 1. The molecule has 2 nitrogen and oxygen atoms in total. The van der Waals surface area contributed by atoms with Crippen molar-refractivity contribution in [2.45, 2.75) is 18.9 Å². The molecule has 0 aliphatic carbocycles. The van der Waals surface area contributed by atoms with Crippen LogP contribution in [0.25, 0.3) is 0 Å². The van der Waals surface area contributed by atoms with Crippen LogP contribution in [0.1, 0.15) is 23.2 Å². The van der Waals surface area contributed by atoms with Gasteiger partial charge in [0.05, 0.1) is 10.0 Å². The van der Waals surface area contributed by atoms with Gasteiger partial charge < -0.3 is 4.90 Å². The van der Waals surface area contributed by atoms with Crippen LogP contribution in [0.15, 0.2) is 18.2 Å². The third-order valence-electron chi connectivity index (χ3n) is 2.98. The molecule has 2 rings (SSSR count). The SMILES string of the molecule is O=C(c1ccc(Cl)c(Cl)c1)N1CCC[C@H]1CCl. The van der Waals surface area contributed by atoms with Crippen LogP contribution in [0, 0.1) is 0 Å². The van der Waals surface area contributed by atoms with Crippen LogP contribution in [-0.4, -0.2) is 29.3 Å². The first-order chi connectivity index (χ1) is 8.13. The molecule has 1 fully saturated rings. The summed E-state index contributed by atoms with van der Waals surface area (Å²) in [5.41, 5.74) is 0.566. The van der Waals surface area contributed by atoms with Gasteiger partial charge in [0.25, 0.3) is 5.91 Å². The van der Waals surface area contributed by atoms with Crippen LogP contribution in [0.4, 0.5) is 0 Å². The number of carbonyl (C=O) groups is 1. The Hall–Kier alpha value is -0.440. The minimum atomic E-state index is -0.0216. The van der Waals surface area contributed by atoms with Gasteiger partial charge in [-0.2, -0.15) is 0 Å². The van der Waals surface area contributed by atoms with Crippen molar-refractivity contribution >= 4 is 40.7 Å². The predicted octanol–water partition coefficient (Wildman–Crippen LogP) is 3.84. The lowest BCUT2D eigenvalue weighted by molar-refractivity contribution is 0.0749. The van der Waals surface area contributed by atoms with Crippen molar-refractivity contribution in [2.75, 3.05) is 12.4 Å². The first-order valence-electron chi connectivity index (χ1n) is 5.45. The zero-order valence-electron chi connectivity index (χ0n) is 9.13. The molecular formula is C12H12Cl3NO. The minimum absolute atomic E-state index is 0.0216. The average molecular weight is 293 g/mol. The average Bonchev–Trinajstić information content (AvgIpc) is 2.80. The lowest BCUT2D eigenvalue weighted by atomic mass is 10.2. The number of halogens is 3. The fourth-order valence-corrected chi connectivity index (χ4v) is 2.68. The molecule has 0 aromatic heterocycles. The molecule has 1 aliphatic heterocycles. The van der Waals surface area contributed by atoms with E-state index >= 15 is 0 Å². The second kappa shape index (κ2) is 5.47. The van der Waals surface area contributed by atoms with E-state index in [-0.39, 0.29) is 11.9 Å². The topological polar surface area (TPSA) is 20.3 Å². The number of likely N-dealkylation sites (tertiary alicyclic amines) is 1. The molecule has 0 unspecified atom stereocenters. The van der Waals surface area contributed by atoms with E-state index in [2.05, 4.69) is 0 Å². The Balaban J connectivity index is 2.21. The Morgan fingerprint density at radius 2 is 2.12 bits per heavy atom. The maximum Gasteiger partial charge on any atom is 0.254 e. The molecule has 1 aromatic carbocycles. The first kappa shape index (κ1) is 13.0. The Labute approximate surface area is 115 Å². The summed E-state index contributed by atoms with van der Waals surface area (Å²) in [6.07, 6.45) is 1.97. The number of nitrogens with zero attached hydrogens (tertiary/aromatic N) is 1. The van der Waals surface area contributed by atoms with Crippen molar-refractivity contribution in [3.63, 3.8) is 0 Å². The van der Waals surface area contributed by atoms with Gasteiger partial charge in [0.15, 0.2) is 0 Å². The van der Waals surface area contributed by atoms with Gasteiger partial charge in [-0.05, 0) is 31.0 Å². The predicted molar refractivity (Wildman–Crippen MR) is 71.2 cm³/mol. The third-order valence-corrected chi connectivity index (χ3v) is 4.08. The quantitative estimate of drug-likeness (QED) is 0.759. The first-order valence-corrected chi connectivity index (χ1v) is 6.74. The van der Waals surface area contributed by atoms with E-state index in [4.69, 9.17) is 34.8 Å². The molecule has 1 saturated heterocycles. The Morgan fingerprint density at radius 3 is 2.76 bits per heavy atom. The number of amides is 1. The van der Waals surface area contributed by atoms with Gasteiger partial charge in [-0.3, -0.25) is 4.79 Å². The van der Waals surface area contributed by atoms with Gasteiger partial charge in [0.2, 0.25) is 0 Å². The Bertz CT molecular complexity index is 436. The van der Waals surface area contributed by atoms with E-state index < -0.39 is 0 Å². The maximum absolute atomic E-state index is 12.2. The Morgan fingerprint density at radius 1 is 1.35 bits per heavy atom. The molecule has 17 heavy (non-hydrogen) atoms. The Kier molecular flexibility index (Phi) is 4.18. The summed E-state index contributed by atoms with van der Waals surface area (Å²) < 4.78 is 0. The number of alkyl halides is 1. The van der Waals surface area contributed by atoms with Crippen LogP contribution in [-0.2, 0) is 0 Å². The van der Waals surface area contributed by atoms with Crippen LogP contribution >= 0.6 is 34.8 Å². The molecule has 0 N–H and O–H groups in total. The van der Waals surface area contributed by atoms with Crippen molar-refractivity contribution in [3.05, 3.63) is 33.8 Å². The molecule has 0 radical (unpaired) electrons. The summed E-state index contributed by atoms with van der Waals surface area (Å²) in [5, 5.41) is 0.859. The zero-order valence-corrected chi connectivity index (χ0v) is 11.4. The summed E-state index contributed by atoms with van der Waals surface area (Å²) >= 11 is 17.6. The summed E-state index contributed by atoms with van der Waals surface area (Å²) in [4.78, 5) is 14.1. The van der Waals surface area contributed by atoms with E-state index in [1.165, 1.54) is 0 Å². The molecule has 1 aromatic rings. The van der Waals surface area contributed by atoms with Gasteiger partial charge in [-0.1, -0.05) is 23.2 Å². The van der Waals surface area contributed by atoms with Crippen LogP contribution in [0.2, 0.25) is 10.0 Å². The van der Waals surface area contributed by atoms with E-state index in [0.29, 0.717) is 21.5 Å². The second-order valence-corrected chi connectivity index (χ2v) is 5.20. The van der Waals surface area contributed by atoms with E-state index in [9.17, 15) is 4.79 Å². The van der Waals surface area contributed by atoms with Crippen LogP contribution < -0.4 is 0 Å². The van der Waals surface area contributed by atoms with Crippen LogP contribution in [0.3, 0.4) is 0 Å². The molecule has 1 heterocycles.